The average molecular weight is 419 g/mol. The molecule has 0 radical (unpaired) electrons. The summed E-state index contributed by atoms with van der Waals surface area (Å²) < 4.78 is 10.7. The molecule has 8 nitrogen and oxygen atoms in total. The van der Waals surface area contributed by atoms with Crippen molar-refractivity contribution in [3.63, 3.8) is 0 Å². The maximum atomic E-state index is 12.7. The molecule has 0 saturated carbocycles. The maximum absolute atomic E-state index is 12.7. The molecule has 1 aromatic carbocycles. The number of likely N-dealkylation sites (tertiary alicyclic amines) is 2. The zero-order valence-electron chi connectivity index (χ0n) is 16.4. The molecule has 2 aliphatic heterocycles. The van der Waals surface area contributed by atoms with Crippen LogP contribution in [-0.2, 0) is 4.79 Å². The van der Waals surface area contributed by atoms with E-state index in [1.807, 2.05) is 4.90 Å². The van der Waals surface area contributed by atoms with Gasteiger partial charge in [-0.3, -0.25) is 9.59 Å². The molecular weight excluding hydrogens is 396 g/mol. The molecule has 0 bridgehead atoms. The van der Waals surface area contributed by atoms with Crippen molar-refractivity contribution >= 4 is 23.4 Å². The Balaban J connectivity index is 1.35. The monoisotopic (exact) mass is 418 g/mol. The predicted octanol–water partition coefficient (Wildman–Crippen LogP) is 2.70. The highest BCUT2D eigenvalue weighted by Crippen LogP contribution is 2.32. The molecule has 0 atom stereocenters. The fourth-order valence-corrected chi connectivity index (χ4v) is 4.01. The van der Waals surface area contributed by atoms with E-state index in [0.29, 0.717) is 41.1 Å². The molecule has 4 rings (SSSR count). The first-order valence-corrected chi connectivity index (χ1v) is 10.1. The number of aromatic nitrogens is 2. The summed E-state index contributed by atoms with van der Waals surface area (Å²) in [5.74, 6) is 1.98. The summed E-state index contributed by atoms with van der Waals surface area (Å²) in [5, 5.41) is 4.67. The van der Waals surface area contributed by atoms with Crippen LogP contribution in [0.5, 0.6) is 5.75 Å². The number of piperidine rings is 1. The third-order valence-corrected chi connectivity index (χ3v) is 5.91. The lowest BCUT2D eigenvalue weighted by atomic mass is 9.95. The Morgan fingerprint density at radius 1 is 1.17 bits per heavy atom. The molecule has 2 fully saturated rings. The van der Waals surface area contributed by atoms with Crippen LogP contribution in [0.25, 0.3) is 0 Å². The highest BCUT2D eigenvalue weighted by atomic mass is 35.5. The van der Waals surface area contributed by atoms with Gasteiger partial charge in [0.2, 0.25) is 11.8 Å². The van der Waals surface area contributed by atoms with Gasteiger partial charge in [0.1, 0.15) is 5.75 Å². The van der Waals surface area contributed by atoms with Gasteiger partial charge in [0.15, 0.2) is 5.82 Å². The van der Waals surface area contributed by atoms with E-state index in [1.54, 1.807) is 30.0 Å². The number of nitrogens with zero attached hydrogens (tertiary/aromatic N) is 4. The van der Waals surface area contributed by atoms with Crippen LogP contribution in [0.3, 0.4) is 0 Å². The number of carbonyl (C=O) groups is 2. The van der Waals surface area contributed by atoms with Crippen molar-refractivity contribution in [2.24, 2.45) is 0 Å². The average Bonchev–Trinajstić information content (AvgIpc) is 3.16. The molecule has 0 spiro atoms. The first-order chi connectivity index (χ1) is 14.0. The Kier molecular flexibility index (Phi) is 5.45. The topological polar surface area (TPSA) is 88.8 Å². The number of halogens is 1. The minimum absolute atomic E-state index is 0.0378. The van der Waals surface area contributed by atoms with E-state index in [4.69, 9.17) is 20.9 Å². The third kappa shape index (κ3) is 3.94. The summed E-state index contributed by atoms with van der Waals surface area (Å²) in [5.41, 5.74) is 0.485. The third-order valence-electron chi connectivity index (χ3n) is 5.67. The summed E-state index contributed by atoms with van der Waals surface area (Å²) >= 11 is 5.97. The molecule has 3 heterocycles. The predicted molar refractivity (Wildman–Crippen MR) is 105 cm³/mol. The van der Waals surface area contributed by atoms with E-state index >= 15 is 0 Å². The van der Waals surface area contributed by atoms with Crippen LogP contribution < -0.4 is 4.74 Å². The van der Waals surface area contributed by atoms with Crippen molar-refractivity contribution in [3.05, 3.63) is 40.5 Å². The van der Waals surface area contributed by atoms with Crippen LogP contribution in [0.4, 0.5) is 0 Å². The van der Waals surface area contributed by atoms with Crippen molar-refractivity contribution in [2.45, 2.75) is 31.6 Å². The number of methoxy groups -OCH3 is 1. The number of benzene rings is 1. The van der Waals surface area contributed by atoms with Crippen LogP contribution in [0.1, 0.15) is 53.7 Å². The number of ether oxygens (including phenoxy) is 1. The van der Waals surface area contributed by atoms with Gasteiger partial charge in [0, 0.05) is 44.0 Å². The van der Waals surface area contributed by atoms with Crippen LogP contribution >= 0.6 is 11.6 Å². The normalized spacial score (nSPS) is 17.9. The molecular formula is C20H23ClN4O4. The van der Waals surface area contributed by atoms with Crippen LogP contribution in [0.2, 0.25) is 5.02 Å². The zero-order chi connectivity index (χ0) is 20.5. The van der Waals surface area contributed by atoms with Gasteiger partial charge in [-0.25, -0.2) is 0 Å². The molecule has 154 valence electrons. The largest absolute Gasteiger partial charge is 0.496 e. The highest BCUT2D eigenvalue weighted by molar-refractivity contribution is 6.30. The van der Waals surface area contributed by atoms with Crippen molar-refractivity contribution in [3.8, 4) is 5.75 Å². The molecule has 1 aromatic heterocycles. The summed E-state index contributed by atoms with van der Waals surface area (Å²) in [7, 11) is 1.52. The number of amides is 2. The first kappa shape index (κ1) is 19.7. The Morgan fingerprint density at radius 2 is 1.90 bits per heavy atom. The first-order valence-electron chi connectivity index (χ1n) is 9.68. The summed E-state index contributed by atoms with van der Waals surface area (Å²) in [4.78, 5) is 32.3. The van der Waals surface area contributed by atoms with E-state index < -0.39 is 0 Å². The number of hydrogen-bond acceptors (Lipinski definition) is 6. The fourth-order valence-electron chi connectivity index (χ4n) is 3.84. The lowest BCUT2D eigenvalue weighted by Crippen LogP contribution is -2.48. The molecule has 0 aliphatic carbocycles. The molecule has 2 saturated heterocycles. The summed E-state index contributed by atoms with van der Waals surface area (Å²) in [6, 6.07) is 4.99. The minimum Gasteiger partial charge on any atom is -0.496 e. The lowest BCUT2D eigenvalue weighted by molar-refractivity contribution is -0.129. The molecule has 0 unspecified atom stereocenters. The molecule has 0 N–H and O–H groups in total. The van der Waals surface area contributed by atoms with Gasteiger partial charge in [0.05, 0.1) is 18.6 Å². The maximum Gasteiger partial charge on any atom is 0.257 e. The second-order valence-corrected chi connectivity index (χ2v) is 7.96. The summed E-state index contributed by atoms with van der Waals surface area (Å²) in [6.07, 6.45) is 1.67. The quantitative estimate of drug-likeness (QED) is 0.758. The highest BCUT2D eigenvalue weighted by Gasteiger charge is 2.37. The van der Waals surface area contributed by atoms with E-state index in [2.05, 4.69) is 10.1 Å². The van der Waals surface area contributed by atoms with Gasteiger partial charge in [-0.15, -0.1) is 0 Å². The number of hydrogen-bond donors (Lipinski definition) is 0. The lowest BCUT2D eigenvalue weighted by Gasteiger charge is -2.37. The van der Waals surface area contributed by atoms with E-state index in [-0.39, 0.29) is 23.7 Å². The van der Waals surface area contributed by atoms with Gasteiger partial charge >= 0.3 is 0 Å². The van der Waals surface area contributed by atoms with Crippen LogP contribution in [0, 0.1) is 0 Å². The van der Waals surface area contributed by atoms with Crippen LogP contribution in [0.15, 0.2) is 22.7 Å². The van der Waals surface area contributed by atoms with Crippen molar-refractivity contribution in [2.75, 3.05) is 33.3 Å². The molecule has 2 amide bonds. The number of carbonyl (C=O) groups excluding carboxylic acids is 2. The van der Waals surface area contributed by atoms with Crippen molar-refractivity contribution < 1.29 is 18.8 Å². The smallest absolute Gasteiger partial charge is 0.257 e. The van der Waals surface area contributed by atoms with Gasteiger partial charge < -0.3 is 19.1 Å². The van der Waals surface area contributed by atoms with Gasteiger partial charge in [-0.1, -0.05) is 16.8 Å². The Hall–Kier alpha value is -2.61. The van der Waals surface area contributed by atoms with Crippen molar-refractivity contribution in [1.29, 1.82) is 0 Å². The van der Waals surface area contributed by atoms with E-state index in [1.165, 1.54) is 7.11 Å². The second kappa shape index (κ2) is 8.02. The molecule has 2 aromatic rings. The van der Waals surface area contributed by atoms with Gasteiger partial charge in [-0.2, -0.15) is 4.98 Å². The van der Waals surface area contributed by atoms with E-state index in [0.717, 1.165) is 25.9 Å². The van der Waals surface area contributed by atoms with Crippen LogP contribution in [-0.4, -0.2) is 65.0 Å². The molecule has 2 aliphatic rings. The zero-order valence-corrected chi connectivity index (χ0v) is 17.2. The van der Waals surface area contributed by atoms with E-state index in [9.17, 15) is 9.59 Å². The second-order valence-electron chi connectivity index (χ2n) is 7.52. The SMILES string of the molecule is COc1cc(Cl)ccc1C(=O)N1CC(c2nc(C3CCN(C(C)=O)CC3)no2)C1. The molecule has 9 heteroatoms. The Bertz CT molecular complexity index is 917. The number of rotatable bonds is 4. The van der Waals surface area contributed by atoms with Gasteiger partial charge in [0.25, 0.3) is 5.91 Å². The van der Waals surface area contributed by atoms with Crippen molar-refractivity contribution in [1.82, 2.24) is 19.9 Å². The summed E-state index contributed by atoms with van der Waals surface area (Å²) in [6.45, 7) is 4.08. The Labute approximate surface area is 173 Å². The standard InChI is InChI=1S/C20H23ClN4O4/c1-12(26)24-7-5-13(6-8-24)18-22-19(29-23-18)14-10-25(11-14)20(27)16-4-3-15(21)9-17(16)28-2/h3-4,9,13-14H,5-8,10-11H2,1-2H3. The minimum atomic E-state index is -0.105. The van der Waals surface area contributed by atoms with Gasteiger partial charge in [-0.05, 0) is 31.0 Å². The Morgan fingerprint density at radius 3 is 2.55 bits per heavy atom. The molecule has 29 heavy (non-hydrogen) atoms. The fraction of sp³-hybridized carbons (Fsp3) is 0.500.